The zero-order chi connectivity index (χ0) is 8.60. The third kappa shape index (κ3) is 1.09. The molecule has 2 aliphatic carbocycles. The maximum absolute atomic E-state index is 11.5. The molecule has 0 aromatic rings. The number of hydrogen-bond donors (Lipinski definition) is 1. The van der Waals surface area contributed by atoms with E-state index >= 15 is 0 Å². The molecule has 0 aromatic heterocycles. The monoisotopic (exact) mass is 168 g/mol. The first kappa shape index (κ1) is 8.24. The normalized spacial score (nSPS) is 42.4. The second kappa shape index (κ2) is 2.84. The highest BCUT2D eigenvalue weighted by atomic mass is 16.3. The van der Waals surface area contributed by atoms with E-state index in [0.717, 1.165) is 32.1 Å². The van der Waals surface area contributed by atoms with Crippen LogP contribution in [0, 0.1) is 5.92 Å². The van der Waals surface area contributed by atoms with Gasteiger partial charge in [0, 0.05) is 6.42 Å². The minimum atomic E-state index is -0.906. The largest absolute Gasteiger partial charge is 0.382 e. The van der Waals surface area contributed by atoms with Gasteiger partial charge in [-0.25, -0.2) is 0 Å². The van der Waals surface area contributed by atoms with Gasteiger partial charge in [-0.2, -0.15) is 0 Å². The van der Waals surface area contributed by atoms with Crippen LogP contribution in [0.3, 0.4) is 0 Å². The van der Waals surface area contributed by atoms with Crippen LogP contribution in [0.1, 0.15) is 44.9 Å². The van der Waals surface area contributed by atoms with E-state index < -0.39 is 5.60 Å². The van der Waals surface area contributed by atoms with Crippen LogP contribution in [0.5, 0.6) is 0 Å². The summed E-state index contributed by atoms with van der Waals surface area (Å²) in [6.45, 7) is 0. The molecule has 68 valence electrons. The first-order chi connectivity index (χ1) is 5.73. The van der Waals surface area contributed by atoms with Gasteiger partial charge in [0.2, 0.25) is 0 Å². The Morgan fingerprint density at radius 3 is 2.75 bits per heavy atom. The number of Topliss-reactive ketones (excluding diaryl/α,β-unsaturated/α-hetero) is 1. The maximum atomic E-state index is 11.5. The van der Waals surface area contributed by atoms with Gasteiger partial charge in [-0.15, -0.1) is 0 Å². The first-order valence-corrected chi connectivity index (χ1v) is 4.99. The smallest absolute Gasteiger partial charge is 0.164 e. The fourth-order valence-corrected chi connectivity index (χ4v) is 2.70. The minimum Gasteiger partial charge on any atom is -0.382 e. The predicted octanol–water partition coefficient (Wildman–Crippen LogP) is 1.66. The lowest BCUT2D eigenvalue weighted by molar-refractivity contribution is -0.152. The molecule has 2 rings (SSSR count). The van der Waals surface area contributed by atoms with Crippen LogP contribution in [-0.4, -0.2) is 16.5 Å². The fourth-order valence-electron chi connectivity index (χ4n) is 2.70. The molecule has 0 spiro atoms. The van der Waals surface area contributed by atoms with Crippen LogP contribution in [0.2, 0.25) is 0 Å². The number of ketones is 1. The summed E-state index contributed by atoms with van der Waals surface area (Å²) in [5, 5.41) is 10.1. The summed E-state index contributed by atoms with van der Waals surface area (Å²) in [5.41, 5.74) is -0.906. The standard InChI is InChI=1S/C10H16O2/c11-9-6-3-5-8-4-1-2-7-10(8,9)12/h8,12H,1-7H2/t8?,10-/m1/s1. The quantitative estimate of drug-likeness (QED) is 0.597. The molecule has 2 atom stereocenters. The van der Waals surface area contributed by atoms with Crippen LogP contribution in [0.15, 0.2) is 0 Å². The molecule has 12 heavy (non-hydrogen) atoms. The highest BCUT2D eigenvalue weighted by molar-refractivity contribution is 5.88. The molecule has 2 saturated carbocycles. The molecular formula is C10H16O2. The second-order valence-corrected chi connectivity index (χ2v) is 4.18. The zero-order valence-corrected chi connectivity index (χ0v) is 7.38. The van der Waals surface area contributed by atoms with Gasteiger partial charge in [-0.3, -0.25) is 4.79 Å². The summed E-state index contributed by atoms with van der Waals surface area (Å²) in [5.74, 6) is 0.394. The molecule has 0 aromatic carbocycles. The van der Waals surface area contributed by atoms with Crippen molar-refractivity contribution in [3.8, 4) is 0 Å². The van der Waals surface area contributed by atoms with E-state index in [1.54, 1.807) is 0 Å². The fraction of sp³-hybridized carbons (Fsp3) is 0.900. The van der Waals surface area contributed by atoms with Gasteiger partial charge >= 0.3 is 0 Å². The Kier molecular flexibility index (Phi) is 1.95. The third-order valence-electron chi connectivity index (χ3n) is 3.48. The molecule has 2 heteroatoms. The van der Waals surface area contributed by atoms with Gasteiger partial charge in [0.25, 0.3) is 0 Å². The molecule has 0 aliphatic heterocycles. The molecular weight excluding hydrogens is 152 g/mol. The van der Waals surface area contributed by atoms with Crippen LogP contribution in [0.4, 0.5) is 0 Å². The molecule has 0 bridgehead atoms. The van der Waals surface area contributed by atoms with Crippen molar-refractivity contribution in [3.05, 3.63) is 0 Å². The second-order valence-electron chi connectivity index (χ2n) is 4.18. The molecule has 1 N–H and O–H groups in total. The molecule has 0 heterocycles. The van der Waals surface area contributed by atoms with Crippen molar-refractivity contribution in [1.82, 2.24) is 0 Å². The lowest BCUT2D eigenvalue weighted by Gasteiger charge is -2.41. The van der Waals surface area contributed by atoms with E-state index in [-0.39, 0.29) is 11.7 Å². The molecule has 2 nitrogen and oxygen atoms in total. The van der Waals surface area contributed by atoms with E-state index in [9.17, 15) is 9.90 Å². The molecule has 0 radical (unpaired) electrons. The van der Waals surface area contributed by atoms with E-state index in [2.05, 4.69) is 0 Å². The Morgan fingerprint density at radius 2 is 2.00 bits per heavy atom. The lowest BCUT2D eigenvalue weighted by atomic mass is 9.67. The molecule has 0 amide bonds. The average molecular weight is 168 g/mol. The predicted molar refractivity (Wildman–Crippen MR) is 45.8 cm³/mol. The van der Waals surface area contributed by atoms with Crippen molar-refractivity contribution in [2.75, 3.05) is 0 Å². The summed E-state index contributed by atoms with van der Waals surface area (Å²) in [6.07, 6.45) is 6.65. The SMILES string of the molecule is O=C1CCCC2CCCC[C@]12O. The van der Waals surface area contributed by atoms with E-state index in [1.807, 2.05) is 0 Å². The van der Waals surface area contributed by atoms with E-state index in [4.69, 9.17) is 0 Å². The number of fused-ring (bicyclic) bond motifs is 1. The van der Waals surface area contributed by atoms with Crippen molar-refractivity contribution in [1.29, 1.82) is 0 Å². The molecule has 0 saturated heterocycles. The van der Waals surface area contributed by atoms with Gasteiger partial charge in [-0.05, 0) is 31.6 Å². The Labute approximate surface area is 73.0 Å². The van der Waals surface area contributed by atoms with Crippen molar-refractivity contribution in [3.63, 3.8) is 0 Å². The van der Waals surface area contributed by atoms with Crippen LogP contribution in [-0.2, 0) is 4.79 Å². The van der Waals surface area contributed by atoms with Crippen molar-refractivity contribution >= 4 is 5.78 Å². The first-order valence-electron chi connectivity index (χ1n) is 4.99. The highest BCUT2D eigenvalue weighted by Crippen LogP contribution is 2.41. The Balaban J connectivity index is 2.20. The number of carbonyl (C=O) groups is 1. The summed E-state index contributed by atoms with van der Waals surface area (Å²) >= 11 is 0. The van der Waals surface area contributed by atoms with Gasteiger partial charge in [-0.1, -0.05) is 12.8 Å². The summed E-state index contributed by atoms with van der Waals surface area (Å²) < 4.78 is 0. The summed E-state index contributed by atoms with van der Waals surface area (Å²) in [6, 6.07) is 0. The Hall–Kier alpha value is -0.370. The van der Waals surface area contributed by atoms with Crippen LogP contribution < -0.4 is 0 Å². The van der Waals surface area contributed by atoms with Crippen molar-refractivity contribution in [2.24, 2.45) is 5.92 Å². The van der Waals surface area contributed by atoms with Gasteiger partial charge < -0.3 is 5.11 Å². The van der Waals surface area contributed by atoms with Crippen LogP contribution >= 0.6 is 0 Å². The third-order valence-corrected chi connectivity index (χ3v) is 3.48. The summed E-state index contributed by atoms with van der Waals surface area (Å²) in [4.78, 5) is 11.5. The molecule has 2 fully saturated rings. The molecule has 1 unspecified atom stereocenters. The average Bonchev–Trinajstić information content (AvgIpc) is 2.07. The van der Waals surface area contributed by atoms with Crippen molar-refractivity contribution < 1.29 is 9.90 Å². The maximum Gasteiger partial charge on any atom is 0.164 e. The topological polar surface area (TPSA) is 37.3 Å². The van der Waals surface area contributed by atoms with Crippen molar-refractivity contribution in [2.45, 2.75) is 50.5 Å². The van der Waals surface area contributed by atoms with Crippen LogP contribution in [0.25, 0.3) is 0 Å². The van der Waals surface area contributed by atoms with E-state index in [0.29, 0.717) is 6.42 Å². The van der Waals surface area contributed by atoms with E-state index in [1.165, 1.54) is 6.42 Å². The number of hydrogen-bond acceptors (Lipinski definition) is 2. The number of carbonyl (C=O) groups excluding carboxylic acids is 1. The lowest BCUT2D eigenvalue weighted by Crippen LogP contribution is -2.50. The summed E-state index contributed by atoms with van der Waals surface area (Å²) in [7, 11) is 0. The van der Waals surface area contributed by atoms with Gasteiger partial charge in [0.1, 0.15) is 5.60 Å². The van der Waals surface area contributed by atoms with Gasteiger partial charge in [0.15, 0.2) is 5.78 Å². The number of rotatable bonds is 0. The highest BCUT2D eigenvalue weighted by Gasteiger charge is 2.46. The number of aliphatic hydroxyl groups is 1. The molecule has 2 aliphatic rings. The Morgan fingerprint density at radius 1 is 1.25 bits per heavy atom. The minimum absolute atomic E-state index is 0.110. The zero-order valence-electron chi connectivity index (χ0n) is 7.38. The Bertz CT molecular complexity index is 198. The van der Waals surface area contributed by atoms with Gasteiger partial charge in [0.05, 0.1) is 0 Å².